The van der Waals surface area contributed by atoms with Crippen LogP contribution in [0.15, 0.2) is 241 Å². The molecule has 0 amide bonds. The summed E-state index contributed by atoms with van der Waals surface area (Å²) in [4.78, 5) is 2.39. The number of nitrogens with zero attached hydrogens (tertiary/aromatic N) is 1. The molecule has 0 saturated heterocycles. The molecular formula is C59H39NO. The molecule has 2 nitrogen and oxygen atoms in total. The second-order valence-electron chi connectivity index (χ2n) is 15.9. The van der Waals surface area contributed by atoms with Gasteiger partial charge < -0.3 is 9.32 Å². The van der Waals surface area contributed by atoms with E-state index in [0.717, 1.165) is 55.3 Å². The number of furan rings is 1. The smallest absolute Gasteiger partial charge is 0.143 e. The minimum atomic E-state index is -0.494. The Morgan fingerprint density at radius 3 is 1.61 bits per heavy atom. The van der Waals surface area contributed by atoms with Crippen molar-refractivity contribution in [1.29, 1.82) is 0 Å². The van der Waals surface area contributed by atoms with Crippen molar-refractivity contribution in [1.82, 2.24) is 0 Å². The van der Waals surface area contributed by atoms with E-state index in [0.29, 0.717) is 0 Å². The molecule has 0 saturated carbocycles. The van der Waals surface area contributed by atoms with Gasteiger partial charge in [-0.2, -0.15) is 0 Å². The minimum Gasteiger partial charge on any atom is -0.455 e. The normalized spacial score (nSPS) is 12.7. The van der Waals surface area contributed by atoms with Gasteiger partial charge in [-0.3, -0.25) is 0 Å². The molecule has 10 aromatic carbocycles. The lowest BCUT2D eigenvalue weighted by Gasteiger charge is -2.34. The van der Waals surface area contributed by atoms with Crippen LogP contribution in [0.2, 0.25) is 0 Å². The van der Waals surface area contributed by atoms with Crippen molar-refractivity contribution in [2.45, 2.75) is 5.41 Å². The number of hydrogen-bond donors (Lipinski definition) is 0. The lowest BCUT2D eigenvalue weighted by atomic mass is 9.67. The van der Waals surface area contributed by atoms with Gasteiger partial charge in [-0.25, -0.2) is 0 Å². The van der Waals surface area contributed by atoms with Crippen LogP contribution in [0.1, 0.15) is 22.3 Å². The van der Waals surface area contributed by atoms with Gasteiger partial charge in [0.05, 0.1) is 11.1 Å². The van der Waals surface area contributed by atoms with Crippen molar-refractivity contribution in [3.63, 3.8) is 0 Å². The topological polar surface area (TPSA) is 16.4 Å². The van der Waals surface area contributed by atoms with Gasteiger partial charge >= 0.3 is 0 Å². The Kier molecular flexibility index (Phi) is 8.11. The van der Waals surface area contributed by atoms with Crippen molar-refractivity contribution in [3.8, 4) is 33.4 Å². The van der Waals surface area contributed by atoms with Crippen molar-refractivity contribution < 1.29 is 4.42 Å². The fourth-order valence-corrected chi connectivity index (χ4v) is 10.2. The molecule has 12 rings (SSSR count). The summed E-state index contributed by atoms with van der Waals surface area (Å²) in [5.74, 6) is 0. The van der Waals surface area contributed by atoms with Gasteiger partial charge in [0.1, 0.15) is 11.2 Å². The summed E-state index contributed by atoms with van der Waals surface area (Å²) in [6.45, 7) is 0. The van der Waals surface area contributed by atoms with Gasteiger partial charge in [-0.15, -0.1) is 0 Å². The van der Waals surface area contributed by atoms with Gasteiger partial charge in [0.15, 0.2) is 0 Å². The molecule has 0 bridgehead atoms. The molecule has 1 aliphatic rings. The van der Waals surface area contributed by atoms with E-state index in [4.69, 9.17) is 4.42 Å². The summed E-state index contributed by atoms with van der Waals surface area (Å²) < 4.78 is 6.99. The van der Waals surface area contributed by atoms with Crippen LogP contribution in [-0.2, 0) is 5.41 Å². The summed E-state index contributed by atoms with van der Waals surface area (Å²) >= 11 is 0. The highest BCUT2D eigenvalue weighted by Gasteiger charge is 2.46. The molecule has 0 spiro atoms. The highest BCUT2D eigenvalue weighted by molar-refractivity contribution is 6.23. The fourth-order valence-electron chi connectivity index (χ4n) is 10.2. The third-order valence-electron chi connectivity index (χ3n) is 12.7. The lowest BCUT2D eigenvalue weighted by molar-refractivity contribution is 0.673. The predicted molar refractivity (Wildman–Crippen MR) is 254 cm³/mol. The van der Waals surface area contributed by atoms with E-state index < -0.39 is 5.41 Å². The Balaban J connectivity index is 1.13. The molecular weight excluding hydrogens is 739 g/mol. The summed E-state index contributed by atoms with van der Waals surface area (Å²) in [6.07, 6.45) is 0. The number of fused-ring (bicyclic) bond motifs is 8. The first-order valence-corrected chi connectivity index (χ1v) is 21.0. The largest absolute Gasteiger partial charge is 0.455 e. The van der Waals surface area contributed by atoms with E-state index in [1.54, 1.807) is 0 Å². The zero-order valence-corrected chi connectivity index (χ0v) is 33.4. The first-order valence-electron chi connectivity index (χ1n) is 21.0. The molecule has 1 heterocycles. The predicted octanol–water partition coefficient (Wildman–Crippen LogP) is 15.9. The van der Waals surface area contributed by atoms with Gasteiger partial charge in [-0.05, 0) is 92.0 Å². The summed E-state index contributed by atoms with van der Waals surface area (Å²) in [5.41, 5.74) is 16.9. The highest BCUT2D eigenvalue weighted by Crippen LogP contribution is 2.59. The number of hydrogen-bond acceptors (Lipinski definition) is 2. The second kappa shape index (κ2) is 14.1. The molecule has 286 valence electrons. The van der Waals surface area contributed by atoms with Crippen LogP contribution in [0.3, 0.4) is 0 Å². The van der Waals surface area contributed by atoms with Crippen LogP contribution in [0.4, 0.5) is 17.1 Å². The highest BCUT2D eigenvalue weighted by atomic mass is 16.3. The van der Waals surface area contributed by atoms with Crippen molar-refractivity contribution in [2.24, 2.45) is 0 Å². The maximum atomic E-state index is 6.99. The molecule has 0 unspecified atom stereocenters. The van der Waals surface area contributed by atoms with Crippen molar-refractivity contribution in [2.75, 3.05) is 4.90 Å². The van der Waals surface area contributed by atoms with Crippen LogP contribution in [0, 0.1) is 0 Å². The Bertz CT molecular complexity index is 3350. The molecule has 1 aromatic heterocycles. The average Bonchev–Trinajstić information content (AvgIpc) is 3.88. The molecule has 0 radical (unpaired) electrons. The van der Waals surface area contributed by atoms with Crippen LogP contribution in [0.25, 0.3) is 66.1 Å². The van der Waals surface area contributed by atoms with E-state index in [1.807, 2.05) is 0 Å². The van der Waals surface area contributed by atoms with Gasteiger partial charge in [0, 0.05) is 32.9 Å². The van der Waals surface area contributed by atoms with Crippen LogP contribution in [0.5, 0.6) is 0 Å². The van der Waals surface area contributed by atoms with Gasteiger partial charge in [0.2, 0.25) is 0 Å². The Morgan fingerprint density at radius 1 is 0.361 bits per heavy atom. The lowest BCUT2D eigenvalue weighted by Crippen LogP contribution is -2.28. The van der Waals surface area contributed by atoms with E-state index in [9.17, 15) is 0 Å². The standard InChI is InChI=1S/C59H39NO/c1-5-19-40(20-6-1)41-35-37-45(38-36-41)60(44-25-11-4-12-26-44)54-39-51-57-48(31-18-34-55(57)61-58(51)49-28-14-13-27-46(49)54)47-30-17-33-53-56(47)50-29-15-16-32-52(50)59(53,42-21-7-2-8-22-42)43-23-9-3-10-24-43/h1-39H. The molecule has 0 aliphatic heterocycles. The van der Waals surface area contributed by atoms with Gasteiger partial charge in [-0.1, -0.05) is 200 Å². The monoisotopic (exact) mass is 777 g/mol. The molecule has 2 heteroatoms. The number of rotatable bonds is 7. The maximum absolute atomic E-state index is 6.99. The minimum absolute atomic E-state index is 0.494. The zero-order valence-electron chi connectivity index (χ0n) is 33.4. The van der Waals surface area contributed by atoms with E-state index in [1.165, 1.54) is 50.1 Å². The number of benzene rings is 10. The van der Waals surface area contributed by atoms with Crippen molar-refractivity contribution in [3.05, 3.63) is 259 Å². The van der Waals surface area contributed by atoms with Gasteiger partial charge in [0.25, 0.3) is 0 Å². The molecule has 1 aliphatic carbocycles. The number of anilines is 3. The third-order valence-corrected chi connectivity index (χ3v) is 12.7. The first-order chi connectivity index (χ1) is 30.3. The molecule has 0 fully saturated rings. The van der Waals surface area contributed by atoms with E-state index >= 15 is 0 Å². The Morgan fingerprint density at radius 2 is 0.885 bits per heavy atom. The summed E-state index contributed by atoms with van der Waals surface area (Å²) in [6, 6.07) is 85.8. The Hall–Kier alpha value is -7.94. The fraction of sp³-hybridized carbons (Fsp3) is 0.0169. The van der Waals surface area contributed by atoms with Crippen LogP contribution >= 0.6 is 0 Å². The van der Waals surface area contributed by atoms with Crippen LogP contribution < -0.4 is 4.90 Å². The summed E-state index contributed by atoms with van der Waals surface area (Å²) in [7, 11) is 0. The van der Waals surface area contributed by atoms with Crippen molar-refractivity contribution >= 4 is 49.8 Å². The maximum Gasteiger partial charge on any atom is 0.143 e. The Labute approximate surface area is 355 Å². The SMILES string of the molecule is c1ccc(-c2ccc(N(c3ccccc3)c3cc4c(oc5cccc(-c6cccc7c6-c6ccccc6C7(c6ccccc6)c6ccccc6)c54)c4ccccc34)cc2)cc1. The zero-order chi connectivity index (χ0) is 40.3. The van der Waals surface area contributed by atoms with E-state index in [2.05, 4.69) is 241 Å². The van der Waals surface area contributed by atoms with Crippen LogP contribution in [-0.4, -0.2) is 0 Å². The molecule has 11 aromatic rings. The molecule has 61 heavy (non-hydrogen) atoms. The van der Waals surface area contributed by atoms with E-state index in [-0.39, 0.29) is 0 Å². The average molecular weight is 778 g/mol. The number of para-hydroxylation sites is 1. The molecule has 0 N–H and O–H groups in total. The second-order valence-corrected chi connectivity index (χ2v) is 15.9. The first kappa shape index (κ1) is 35.0. The third kappa shape index (κ3) is 5.36. The molecule has 0 atom stereocenters. The summed E-state index contributed by atoms with van der Waals surface area (Å²) in [5, 5.41) is 4.40. The quantitative estimate of drug-likeness (QED) is 0.160.